The summed E-state index contributed by atoms with van der Waals surface area (Å²) < 4.78 is 1.33. The Bertz CT molecular complexity index is 899. The van der Waals surface area contributed by atoms with Crippen molar-refractivity contribution in [1.82, 2.24) is 15.0 Å². The number of hydrogen-bond acceptors (Lipinski definition) is 5. The van der Waals surface area contributed by atoms with E-state index < -0.39 is 5.91 Å². The van der Waals surface area contributed by atoms with E-state index in [1.54, 1.807) is 6.92 Å². The van der Waals surface area contributed by atoms with Gasteiger partial charge >= 0.3 is 0 Å². The van der Waals surface area contributed by atoms with Gasteiger partial charge in [-0.2, -0.15) is 0 Å². The summed E-state index contributed by atoms with van der Waals surface area (Å²) in [5, 5.41) is 0.513. The average molecular weight is 314 g/mol. The molecule has 3 aromatic rings. The molecule has 3 rings (SSSR count). The number of hydrogen-bond donors (Lipinski definition) is 2. The van der Waals surface area contributed by atoms with Crippen molar-refractivity contribution in [1.29, 1.82) is 0 Å². The quantitative estimate of drug-likeness (QED) is 0.435. The number of amides is 1. The number of benzene rings is 1. The molecule has 1 aromatic carbocycles. The van der Waals surface area contributed by atoms with Gasteiger partial charge in [0.2, 0.25) is 0 Å². The number of hydrazine groups is 1. The normalized spacial score (nSPS) is 10.8. The van der Waals surface area contributed by atoms with Crippen LogP contribution in [0.25, 0.3) is 20.7 Å². The van der Waals surface area contributed by atoms with Crippen molar-refractivity contribution in [2.45, 2.75) is 13.5 Å². The number of fused-ring (bicyclic) bond motifs is 1. The molecule has 3 N–H and O–H groups in total. The second kappa shape index (κ2) is 5.70. The van der Waals surface area contributed by atoms with Gasteiger partial charge in [-0.1, -0.05) is 30.3 Å². The summed E-state index contributed by atoms with van der Waals surface area (Å²) in [7, 11) is 0. The van der Waals surface area contributed by atoms with Crippen molar-refractivity contribution in [3.63, 3.8) is 0 Å². The maximum atomic E-state index is 12.6. The third kappa shape index (κ3) is 2.51. The molecule has 0 aliphatic carbocycles. The molecule has 1 amide bonds. The number of carbonyl (C=O) groups is 1. The van der Waals surface area contributed by atoms with E-state index in [0.717, 1.165) is 10.4 Å². The van der Waals surface area contributed by atoms with Gasteiger partial charge in [-0.05, 0) is 18.6 Å². The highest BCUT2D eigenvalue weighted by molar-refractivity contribution is 7.21. The molecule has 0 radical (unpaired) electrons. The molecule has 0 fully saturated rings. The second-order valence-electron chi connectivity index (χ2n) is 4.81. The van der Waals surface area contributed by atoms with Crippen LogP contribution in [0.2, 0.25) is 0 Å². The minimum Gasteiger partial charge on any atom is -0.293 e. The summed E-state index contributed by atoms with van der Waals surface area (Å²) in [5.41, 5.74) is 2.83. The van der Waals surface area contributed by atoms with Crippen molar-refractivity contribution >= 4 is 27.5 Å². The van der Waals surface area contributed by atoms with Gasteiger partial charge in [-0.25, -0.2) is 10.8 Å². The lowest BCUT2D eigenvalue weighted by molar-refractivity contribution is -0.121. The zero-order valence-electron chi connectivity index (χ0n) is 11.9. The summed E-state index contributed by atoms with van der Waals surface area (Å²) in [6, 6.07) is 11.6. The molecule has 112 valence electrons. The summed E-state index contributed by atoms with van der Waals surface area (Å²) in [6.45, 7) is 1.56. The molecule has 0 bridgehead atoms. The molecule has 2 aromatic heterocycles. The summed E-state index contributed by atoms with van der Waals surface area (Å²) >= 11 is 1.46. The Morgan fingerprint density at radius 1 is 1.36 bits per heavy atom. The van der Waals surface area contributed by atoms with Crippen molar-refractivity contribution in [2.75, 3.05) is 0 Å². The summed E-state index contributed by atoms with van der Waals surface area (Å²) in [5.74, 6) is 5.13. The van der Waals surface area contributed by atoms with Crippen LogP contribution in [-0.4, -0.2) is 15.5 Å². The van der Waals surface area contributed by atoms with Gasteiger partial charge in [-0.15, -0.1) is 11.3 Å². The van der Waals surface area contributed by atoms with Crippen LogP contribution in [0.5, 0.6) is 0 Å². The molecule has 0 atom stereocenters. The van der Waals surface area contributed by atoms with Crippen LogP contribution in [-0.2, 0) is 11.3 Å². The fourth-order valence-corrected chi connectivity index (χ4v) is 3.31. The van der Waals surface area contributed by atoms with Gasteiger partial charge in [-0.3, -0.25) is 19.6 Å². The minimum absolute atomic E-state index is 0.138. The Balaban J connectivity index is 2.15. The summed E-state index contributed by atoms with van der Waals surface area (Å²) in [4.78, 5) is 30.1. The Morgan fingerprint density at radius 3 is 2.77 bits per heavy atom. The Morgan fingerprint density at radius 2 is 2.09 bits per heavy atom. The predicted molar refractivity (Wildman–Crippen MR) is 86.4 cm³/mol. The number of nitrogens with zero attached hydrogens (tertiary/aromatic N) is 2. The van der Waals surface area contributed by atoms with E-state index in [-0.39, 0.29) is 12.1 Å². The Kier molecular flexibility index (Phi) is 3.74. The van der Waals surface area contributed by atoms with Crippen molar-refractivity contribution < 1.29 is 4.79 Å². The van der Waals surface area contributed by atoms with E-state index in [2.05, 4.69) is 4.98 Å². The predicted octanol–water partition coefficient (Wildman–Crippen LogP) is 1.42. The lowest BCUT2D eigenvalue weighted by Crippen LogP contribution is -2.37. The standard InChI is InChI=1S/C15H14N4O2S/c1-9-17-14-11(15(21)19(9)8-13(20)18-16)7-12(22-14)10-5-3-2-4-6-10/h2-7H,8,16H2,1H3,(H,18,20). The lowest BCUT2D eigenvalue weighted by Gasteiger charge is -2.07. The highest BCUT2D eigenvalue weighted by Gasteiger charge is 2.14. The van der Waals surface area contributed by atoms with Crippen LogP contribution in [0.4, 0.5) is 0 Å². The van der Waals surface area contributed by atoms with Crippen LogP contribution in [0, 0.1) is 6.92 Å². The smallest absolute Gasteiger partial charge is 0.262 e. The van der Waals surface area contributed by atoms with Crippen LogP contribution in [0.15, 0.2) is 41.2 Å². The third-order valence-corrected chi connectivity index (χ3v) is 4.44. The molecule has 0 saturated heterocycles. The molecule has 6 nitrogen and oxygen atoms in total. The Hall–Kier alpha value is -2.51. The van der Waals surface area contributed by atoms with Gasteiger partial charge in [0, 0.05) is 4.88 Å². The van der Waals surface area contributed by atoms with Crippen molar-refractivity contribution in [3.05, 3.63) is 52.6 Å². The van der Waals surface area contributed by atoms with Crippen molar-refractivity contribution in [3.8, 4) is 10.4 Å². The van der Waals surface area contributed by atoms with Crippen LogP contribution >= 0.6 is 11.3 Å². The first-order chi connectivity index (χ1) is 10.6. The van der Waals surface area contributed by atoms with E-state index >= 15 is 0 Å². The van der Waals surface area contributed by atoms with E-state index in [0.29, 0.717) is 16.0 Å². The largest absolute Gasteiger partial charge is 0.293 e. The van der Waals surface area contributed by atoms with E-state index in [9.17, 15) is 9.59 Å². The first-order valence-electron chi connectivity index (χ1n) is 6.66. The topological polar surface area (TPSA) is 90.0 Å². The molecule has 7 heteroatoms. The number of carbonyl (C=O) groups excluding carboxylic acids is 1. The zero-order valence-corrected chi connectivity index (χ0v) is 12.7. The molecular weight excluding hydrogens is 300 g/mol. The fraction of sp³-hybridized carbons (Fsp3) is 0.133. The molecule has 0 saturated carbocycles. The maximum Gasteiger partial charge on any atom is 0.262 e. The van der Waals surface area contributed by atoms with E-state index in [1.165, 1.54) is 15.9 Å². The van der Waals surface area contributed by atoms with Gasteiger partial charge in [0.1, 0.15) is 17.2 Å². The Labute approximate surface area is 130 Å². The lowest BCUT2D eigenvalue weighted by atomic mass is 10.2. The number of nitrogens with one attached hydrogen (secondary N) is 1. The highest BCUT2D eigenvalue weighted by Crippen LogP contribution is 2.30. The maximum absolute atomic E-state index is 12.6. The molecule has 0 spiro atoms. The van der Waals surface area contributed by atoms with Gasteiger partial charge in [0.05, 0.1) is 5.39 Å². The van der Waals surface area contributed by atoms with Gasteiger partial charge in [0.25, 0.3) is 11.5 Å². The third-order valence-electron chi connectivity index (χ3n) is 3.36. The van der Waals surface area contributed by atoms with E-state index in [4.69, 9.17) is 5.84 Å². The molecule has 0 unspecified atom stereocenters. The molecule has 2 heterocycles. The van der Waals surface area contributed by atoms with E-state index in [1.807, 2.05) is 41.8 Å². The average Bonchev–Trinajstić information content (AvgIpc) is 2.96. The molecule has 0 aliphatic rings. The number of rotatable bonds is 3. The highest BCUT2D eigenvalue weighted by atomic mass is 32.1. The first-order valence-corrected chi connectivity index (χ1v) is 7.47. The fourth-order valence-electron chi connectivity index (χ4n) is 2.24. The SMILES string of the molecule is Cc1nc2sc(-c3ccccc3)cc2c(=O)n1CC(=O)NN. The minimum atomic E-state index is -0.440. The number of thiophene rings is 1. The monoisotopic (exact) mass is 314 g/mol. The van der Waals surface area contributed by atoms with Crippen LogP contribution < -0.4 is 16.8 Å². The molecule has 22 heavy (non-hydrogen) atoms. The zero-order chi connectivity index (χ0) is 15.7. The number of aryl methyl sites for hydroxylation is 1. The van der Waals surface area contributed by atoms with Crippen molar-refractivity contribution in [2.24, 2.45) is 5.84 Å². The molecular formula is C15H14N4O2S. The number of aromatic nitrogens is 2. The van der Waals surface area contributed by atoms with Gasteiger partial charge in [0.15, 0.2) is 0 Å². The van der Waals surface area contributed by atoms with Crippen LogP contribution in [0.1, 0.15) is 5.82 Å². The second-order valence-corrected chi connectivity index (χ2v) is 5.84. The first kappa shape index (κ1) is 14.4. The summed E-state index contributed by atoms with van der Waals surface area (Å²) in [6.07, 6.45) is 0. The molecule has 0 aliphatic heterocycles. The number of nitrogens with two attached hydrogens (primary N) is 1. The van der Waals surface area contributed by atoms with Gasteiger partial charge < -0.3 is 0 Å². The van der Waals surface area contributed by atoms with Crippen LogP contribution in [0.3, 0.4) is 0 Å².